The third kappa shape index (κ3) is 3.87. The van der Waals surface area contributed by atoms with Crippen molar-refractivity contribution in [2.45, 2.75) is 18.9 Å². The van der Waals surface area contributed by atoms with Crippen molar-refractivity contribution in [1.29, 1.82) is 0 Å². The molecule has 1 nitrogen and oxygen atoms in total. The fourth-order valence-electron chi connectivity index (χ4n) is 2.01. The first-order valence-electron chi connectivity index (χ1n) is 6.00. The third-order valence-corrected chi connectivity index (χ3v) is 4.04. The van der Waals surface area contributed by atoms with Crippen LogP contribution in [-0.2, 0) is 12.8 Å². The maximum Gasteiger partial charge on any atom is 0.0453 e. The number of nitrogens with two attached hydrogens (primary N) is 1. The van der Waals surface area contributed by atoms with Gasteiger partial charge in [-0.15, -0.1) is 0 Å². The van der Waals surface area contributed by atoms with E-state index in [9.17, 15) is 0 Å². The quantitative estimate of drug-likeness (QED) is 0.865. The Bertz CT molecular complexity index is 549. The Kier molecular flexibility index (Phi) is 5.12. The predicted molar refractivity (Wildman–Crippen MR) is 83.3 cm³/mol. The molecule has 0 aliphatic rings. The van der Waals surface area contributed by atoms with E-state index in [2.05, 4.69) is 0 Å². The molecule has 0 heterocycles. The molecule has 100 valence electrons. The first kappa shape index (κ1) is 14.7. The van der Waals surface area contributed by atoms with Crippen LogP contribution in [0, 0.1) is 0 Å². The van der Waals surface area contributed by atoms with Crippen LogP contribution >= 0.6 is 34.8 Å². The second-order valence-electron chi connectivity index (χ2n) is 4.46. The van der Waals surface area contributed by atoms with Crippen molar-refractivity contribution in [3.63, 3.8) is 0 Å². The van der Waals surface area contributed by atoms with E-state index in [1.807, 2.05) is 42.5 Å². The minimum atomic E-state index is -0.0719. The van der Waals surface area contributed by atoms with E-state index < -0.39 is 0 Å². The van der Waals surface area contributed by atoms with E-state index in [1.165, 1.54) is 0 Å². The molecule has 0 saturated carbocycles. The summed E-state index contributed by atoms with van der Waals surface area (Å²) in [6, 6.07) is 13.1. The molecule has 2 aromatic carbocycles. The minimum absolute atomic E-state index is 0.0719. The molecule has 19 heavy (non-hydrogen) atoms. The van der Waals surface area contributed by atoms with E-state index in [1.54, 1.807) is 0 Å². The van der Waals surface area contributed by atoms with E-state index in [0.717, 1.165) is 16.1 Å². The molecule has 0 amide bonds. The van der Waals surface area contributed by atoms with Gasteiger partial charge in [0.15, 0.2) is 0 Å². The lowest BCUT2D eigenvalue weighted by molar-refractivity contribution is 0.665. The summed E-state index contributed by atoms with van der Waals surface area (Å²) in [5.41, 5.74) is 8.10. The van der Waals surface area contributed by atoms with Crippen LogP contribution in [-0.4, -0.2) is 6.04 Å². The van der Waals surface area contributed by atoms with Crippen molar-refractivity contribution in [3.8, 4) is 0 Å². The topological polar surface area (TPSA) is 26.0 Å². The van der Waals surface area contributed by atoms with Gasteiger partial charge in [0.2, 0.25) is 0 Å². The van der Waals surface area contributed by atoms with Crippen LogP contribution in [0.25, 0.3) is 0 Å². The van der Waals surface area contributed by atoms with Crippen molar-refractivity contribution in [2.75, 3.05) is 0 Å². The summed E-state index contributed by atoms with van der Waals surface area (Å²) >= 11 is 18.4. The normalized spacial score (nSPS) is 12.4. The van der Waals surface area contributed by atoms with E-state index in [0.29, 0.717) is 22.9 Å². The zero-order valence-corrected chi connectivity index (χ0v) is 12.5. The van der Waals surface area contributed by atoms with Gasteiger partial charge in [-0.1, -0.05) is 59.1 Å². The van der Waals surface area contributed by atoms with E-state index >= 15 is 0 Å². The van der Waals surface area contributed by atoms with Crippen LogP contribution in [0.4, 0.5) is 0 Å². The van der Waals surface area contributed by atoms with Gasteiger partial charge in [-0.2, -0.15) is 0 Å². The Morgan fingerprint density at radius 2 is 1.37 bits per heavy atom. The first-order valence-corrected chi connectivity index (χ1v) is 7.13. The molecule has 1 unspecified atom stereocenters. The third-order valence-electron chi connectivity index (χ3n) is 2.97. The van der Waals surface area contributed by atoms with E-state index in [4.69, 9.17) is 40.5 Å². The summed E-state index contributed by atoms with van der Waals surface area (Å²) in [6.45, 7) is 0. The monoisotopic (exact) mass is 313 g/mol. The molecule has 0 aromatic heterocycles. The fraction of sp³-hybridized carbons (Fsp3) is 0.200. The van der Waals surface area contributed by atoms with Gasteiger partial charge < -0.3 is 5.73 Å². The molecule has 0 spiro atoms. The maximum atomic E-state index is 6.17. The molecule has 2 N–H and O–H groups in total. The van der Waals surface area contributed by atoms with Crippen LogP contribution in [0.2, 0.25) is 15.1 Å². The number of benzene rings is 2. The number of halogens is 3. The van der Waals surface area contributed by atoms with Crippen molar-refractivity contribution < 1.29 is 0 Å². The van der Waals surface area contributed by atoms with Crippen LogP contribution in [0.5, 0.6) is 0 Å². The highest BCUT2D eigenvalue weighted by molar-refractivity contribution is 6.36. The average Bonchev–Trinajstić information content (AvgIpc) is 2.37. The maximum absolute atomic E-state index is 6.17. The number of hydrogen-bond donors (Lipinski definition) is 1. The fourth-order valence-corrected chi connectivity index (χ4v) is 2.77. The van der Waals surface area contributed by atoms with Crippen molar-refractivity contribution in [3.05, 3.63) is 68.7 Å². The summed E-state index contributed by atoms with van der Waals surface area (Å²) in [5.74, 6) is 0. The highest BCUT2D eigenvalue weighted by atomic mass is 35.5. The Labute approximate surface area is 128 Å². The molecular weight excluding hydrogens is 301 g/mol. The average molecular weight is 315 g/mol. The van der Waals surface area contributed by atoms with Gasteiger partial charge in [-0.3, -0.25) is 0 Å². The molecule has 0 radical (unpaired) electrons. The molecule has 0 bridgehead atoms. The second kappa shape index (κ2) is 6.62. The largest absolute Gasteiger partial charge is 0.327 e. The molecule has 4 heteroatoms. The summed E-state index contributed by atoms with van der Waals surface area (Å²) < 4.78 is 0. The lowest BCUT2D eigenvalue weighted by atomic mass is 9.99. The molecular formula is C15H14Cl3N. The van der Waals surface area contributed by atoms with Crippen LogP contribution < -0.4 is 5.73 Å². The predicted octanol–water partition coefficient (Wildman–Crippen LogP) is 4.76. The second-order valence-corrected chi connectivity index (χ2v) is 5.68. The van der Waals surface area contributed by atoms with Crippen molar-refractivity contribution in [1.82, 2.24) is 0 Å². The molecule has 1 atom stereocenters. The highest BCUT2D eigenvalue weighted by Gasteiger charge is 2.12. The molecule has 0 saturated heterocycles. The van der Waals surface area contributed by atoms with Gasteiger partial charge in [0.1, 0.15) is 0 Å². The standard InChI is InChI=1S/C15H14Cl3N/c16-13-5-2-1-4-10(13)8-11(19)9-12-14(17)6-3-7-15(12)18/h1-7,11H,8-9,19H2. The summed E-state index contributed by atoms with van der Waals surface area (Å²) in [6.07, 6.45) is 1.32. The van der Waals surface area contributed by atoms with E-state index in [-0.39, 0.29) is 6.04 Å². The van der Waals surface area contributed by atoms with Gasteiger partial charge in [0, 0.05) is 21.1 Å². The SMILES string of the molecule is NC(Cc1ccccc1Cl)Cc1c(Cl)cccc1Cl. The smallest absolute Gasteiger partial charge is 0.0453 e. The van der Waals surface area contributed by atoms with Crippen molar-refractivity contribution >= 4 is 34.8 Å². The summed E-state index contributed by atoms with van der Waals surface area (Å²) in [4.78, 5) is 0. The van der Waals surface area contributed by atoms with Crippen molar-refractivity contribution in [2.24, 2.45) is 5.73 Å². The lowest BCUT2D eigenvalue weighted by Crippen LogP contribution is -2.26. The Hall–Kier alpha value is -0.730. The minimum Gasteiger partial charge on any atom is -0.327 e. The molecule has 0 aliphatic carbocycles. The Morgan fingerprint density at radius 1 is 0.789 bits per heavy atom. The van der Waals surface area contributed by atoms with Gasteiger partial charge in [-0.25, -0.2) is 0 Å². The van der Waals surface area contributed by atoms with Crippen LogP contribution in [0.15, 0.2) is 42.5 Å². The number of hydrogen-bond acceptors (Lipinski definition) is 1. The highest BCUT2D eigenvalue weighted by Crippen LogP contribution is 2.26. The molecule has 0 aliphatic heterocycles. The van der Waals surface area contributed by atoms with Gasteiger partial charge in [0.25, 0.3) is 0 Å². The summed E-state index contributed by atoms with van der Waals surface area (Å²) in [7, 11) is 0. The lowest BCUT2D eigenvalue weighted by Gasteiger charge is -2.14. The van der Waals surface area contributed by atoms with Crippen LogP contribution in [0.3, 0.4) is 0 Å². The molecule has 0 fully saturated rings. The first-order chi connectivity index (χ1) is 9.08. The molecule has 2 rings (SSSR count). The Balaban J connectivity index is 2.10. The zero-order chi connectivity index (χ0) is 13.8. The Morgan fingerprint density at radius 3 is 2.00 bits per heavy atom. The summed E-state index contributed by atoms with van der Waals surface area (Å²) in [5, 5.41) is 2.05. The van der Waals surface area contributed by atoms with Gasteiger partial charge >= 0.3 is 0 Å². The molecule has 2 aromatic rings. The van der Waals surface area contributed by atoms with Gasteiger partial charge in [0.05, 0.1) is 0 Å². The van der Waals surface area contributed by atoms with Gasteiger partial charge in [-0.05, 0) is 42.2 Å². The van der Waals surface area contributed by atoms with Crippen LogP contribution in [0.1, 0.15) is 11.1 Å². The zero-order valence-electron chi connectivity index (χ0n) is 10.2. The number of rotatable bonds is 4.